The van der Waals surface area contributed by atoms with Crippen LogP contribution in [0.5, 0.6) is 0 Å². The van der Waals surface area contributed by atoms with E-state index in [2.05, 4.69) is 10.1 Å². The number of rotatable bonds is 0. The fraction of sp³-hybridized carbons (Fsp3) is 0. The minimum atomic E-state index is 0.299. The minimum absolute atomic E-state index is 0.299. The molecule has 0 aromatic carbocycles. The second-order valence-corrected chi connectivity index (χ2v) is 2.50. The molecule has 0 fully saturated rings. The second-order valence-electron chi connectivity index (χ2n) is 2.50. The van der Waals surface area contributed by atoms with Crippen molar-refractivity contribution in [1.82, 2.24) is 14.6 Å². The predicted octanol–water partition coefficient (Wildman–Crippen LogP) is -1.43. The molecule has 0 spiro atoms. The maximum atomic E-state index is 5.39. The quantitative estimate of drug-likeness (QED) is 0.463. The fourth-order valence-electron chi connectivity index (χ4n) is 1.06. The number of nitrogen functional groups attached to an aromatic ring is 1. The van der Waals surface area contributed by atoms with Gasteiger partial charge in [0.05, 0.1) is 11.7 Å². The Morgan fingerprint density at radius 2 is 2.36 bits per heavy atom. The summed E-state index contributed by atoms with van der Waals surface area (Å²) in [6, 6.07) is 2.00. The van der Waals surface area contributed by atoms with Crippen molar-refractivity contribution < 1.29 is 0 Å². The lowest BCUT2D eigenvalue weighted by atomic mass is 10.0. The summed E-state index contributed by atoms with van der Waals surface area (Å²) in [4.78, 5) is 3.87. The molecule has 2 aromatic rings. The van der Waals surface area contributed by atoms with Gasteiger partial charge in [0.1, 0.15) is 7.85 Å². The Hall–Kier alpha value is -1.52. The summed E-state index contributed by atoms with van der Waals surface area (Å²) in [5.74, 6) is 0.299. The number of nitrogens with two attached hydrogens (primary N) is 1. The van der Waals surface area contributed by atoms with Gasteiger partial charge in [-0.25, -0.2) is 9.50 Å². The van der Waals surface area contributed by atoms with Crippen LogP contribution >= 0.6 is 0 Å². The van der Waals surface area contributed by atoms with E-state index in [0.29, 0.717) is 5.95 Å². The van der Waals surface area contributed by atoms with E-state index in [4.69, 9.17) is 5.73 Å². The van der Waals surface area contributed by atoms with E-state index in [1.54, 1.807) is 10.7 Å². The van der Waals surface area contributed by atoms with Gasteiger partial charge in [0.2, 0.25) is 5.95 Å². The molecule has 0 saturated heterocycles. The van der Waals surface area contributed by atoms with Gasteiger partial charge in [0.25, 0.3) is 0 Å². The molecular weight excluding hydrogens is 139 g/mol. The lowest BCUT2D eigenvalue weighted by Crippen LogP contribution is -2.00. The van der Waals surface area contributed by atoms with Crippen molar-refractivity contribution in [3.8, 4) is 0 Å². The van der Waals surface area contributed by atoms with Gasteiger partial charge in [-0.2, -0.15) is 0 Å². The van der Waals surface area contributed by atoms with Crippen molar-refractivity contribution in [1.29, 1.82) is 0 Å². The summed E-state index contributed by atoms with van der Waals surface area (Å²) >= 11 is 0. The molecule has 5 heteroatoms. The van der Waals surface area contributed by atoms with Crippen LogP contribution < -0.4 is 11.2 Å². The summed E-state index contributed by atoms with van der Waals surface area (Å²) in [6.07, 6.45) is 3.61. The van der Waals surface area contributed by atoms with Gasteiger partial charge < -0.3 is 5.73 Å². The lowest BCUT2D eigenvalue weighted by Gasteiger charge is -1.92. The Bertz CT molecular complexity index is 394. The molecule has 4 nitrogen and oxygen atoms in total. The van der Waals surface area contributed by atoms with Crippen LogP contribution in [0.2, 0.25) is 0 Å². The third-order valence-electron chi connectivity index (χ3n) is 1.51. The van der Waals surface area contributed by atoms with E-state index in [1.165, 1.54) is 0 Å². The Labute approximate surface area is 64.4 Å². The van der Waals surface area contributed by atoms with Gasteiger partial charge in [-0.05, 0) is 6.07 Å². The van der Waals surface area contributed by atoms with Crippen molar-refractivity contribution in [3.63, 3.8) is 0 Å². The average Bonchev–Trinajstić information content (AvgIpc) is 2.27. The molecule has 11 heavy (non-hydrogen) atoms. The van der Waals surface area contributed by atoms with Crippen molar-refractivity contribution in [2.45, 2.75) is 0 Å². The highest BCUT2D eigenvalue weighted by atomic mass is 15.3. The molecule has 0 unspecified atom stereocenters. The van der Waals surface area contributed by atoms with Crippen LogP contribution in [0.3, 0.4) is 0 Å². The smallest absolute Gasteiger partial charge is 0.238 e. The summed E-state index contributed by atoms with van der Waals surface area (Å²) in [5.41, 5.74) is 7.52. The topological polar surface area (TPSA) is 56.2 Å². The fourth-order valence-corrected chi connectivity index (χ4v) is 1.06. The molecule has 0 atom stereocenters. The zero-order valence-corrected chi connectivity index (χ0v) is 6.15. The third-order valence-corrected chi connectivity index (χ3v) is 1.51. The van der Waals surface area contributed by atoms with Crippen LogP contribution in [0.15, 0.2) is 18.5 Å². The summed E-state index contributed by atoms with van der Waals surface area (Å²) < 4.78 is 1.72. The van der Waals surface area contributed by atoms with E-state index in [0.717, 1.165) is 11.0 Å². The molecule has 2 rings (SSSR count). The molecule has 0 amide bonds. The van der Waals surface area contributed by atoms with Gasteiger partial charge in [0.15, 0.2) is 0 Å². The first-order valence-corrected chi connectivity index (χ1v) is 3.33. The molecule has 2 heterocycles. The minimum Gasteiger partial charge on any atom is -0.367 e. The number of aromatic nitrogens is 3. The molecule has 0 aliphatic carbocycles. The Kier molecular flexibility index (Phi) is 1.12. The number of anilines is 1. The Balaban J connectivity index is 2.82. The lowest BCUT2D eigenvalue weighted by molar-refractivity contribution is 0.919. The van der Waals surface area contributed by atoms with E-state index in [9.17, 15) is 0 Å². The second kappa shape index (κ2) is 1.98. The van der Waals surface area contributed by atoms with E-state index >= 15 is 0 Å². The first-order chi connectivity index (χ1) is 5.25. The van der Waals surface area contributed by atoms with Gasteiger partial charge in [-0.3, -0.25) is 0 Å². The van der Waals surface area contributed by atoms with Crippen molar-refractivity contribution >= 4 is 24.8 Å². The average molecular weight is 146 g/mol. The summed E-state index contributed by atoms with van der Waals surface area (Å²) in [5, 5.41) is 3.98. The van der Waals surface area contributed by atoms with Gasteiger partial charge in [-0.1, -0.05) is 5.46 Å². The number of fused-ring (bicyclic) bond motifs is 1. The highest BCUT2D eigenvalue weighted by Crippen LogP contribution is 1.98. The number of hydrogen-bond donors (Lipinski definition) is 1. The van der Waals surface area contributed by atoms with Crippen LogP contribution in [0.25, 0.3) is 5.52 Å². The zero-order chi connectivity index (χ0) is 7.84. The number of nitrogens with zero attached hydrogens (tertiary/aromatic N) is 3. The molecule has 2 aromatic heterocycles. The van der Waals surface area contributed by atoms with E-state index in [1.807, 2.05) is 20.1 Å². The van der Waals surface area contributed by atoms with Crippen LogP contribution in [0, 0.1) is 0 Å². The Morgan fingerprint density at radius 1 is 1.55 bits per heavy atom. The van der Waals surface area contributed by atoms with Gasteiger partial charge in [0, 0.05) is 6.20 Å². The molecule has 0 aliphatic heterocycles. The molecule has 0 radical (unpaired) electrons. The Morgan fingerprint density at radius 3 is 3.18 bits per heavy atom. The maximum Gasteiger partial charge on any atom is 0.238 e. The van der Waals surface area contributed by atoms with E-state index in [-0.39, 0.29) is 0 Å². The monoisotopic (exact) mass is 146 g/mol. The van der Waals surface area contributed by atoms with Crippen LogP contribution in [-0.2, 0) is 0 Å². The highest BCUT2D eigenvalue weighted by molar-refractivity contribution is 6.32. The van der Waals surface area contributed by atoms with Crippen molar-refractivity contribution in [2.24, 2.45) is 0 Å². The first kappa shape index (κ1) is 6.21. The first-order valence-electron chi connectivity index (χ1n) is 3.33. The predicted molar refractivity (Wildman–Crippen MR) is 45.6 cm³/mol. The number of hydrogen-bond acceptors (Lipinski definition) is 3. The normalized spacial score (nSPS) is 10.5. The van der Waals surface area contributed by atoms with Crippen LogP contribution in [0.1, 0.15) is 0 Å². The molecule has 54 valence electrons. The van der Waals surface area contributed by atoms with Crippen molar-refractivity contribution in [3.05, 3.63) is 18.5 Å². The maximum absolute atomic E-state index is 5.39. The molecule has 0 bridgehead atoms. The largest absolute Gasteiger partial charge is 0.367 e. The molecule has 0 saturated carbocycles. The molecule has 0 aliphatic rings. The van der Waals surface area contributed by atoms with E-state index < -0.39 is 0 Å². The van der Waals surface area contributed by atoms with Gasteiger partial charge in [-0.15, -0.1) is 5.10 Å². The third kappa shape index (κ3) is 0.940. The standard InChI is InChI=1S/C6H7BN4/c7-4-1-5-2-9-6(8)10-11(5)3-4/h1-3H,7H2,(H2,8,10). The molecular formula is C6H7BN4. The van der Waals surface area contributed by atoms with Crippen LogP contribution in [-0.4, -0.2) is 22.4 Å². The zero-order valence-electron chi connectivity index (χ0n) is 6.15. The molecule has 2 N–H and O–H groups in total. The van der Waals surface area contributed by atoms with Crippen LogP contribution in [0.4, 0.5) is 5.95 Å². The summed E-state index contributed by atoms with van der Waals surface area (Å²) in [6.45, 7) is 0. The summed E-state index contributed by atoms with van der Waals surface area (Å²) in [7, 11) is 2.00. The van der Waals surface area contributed by atoms with Gasteiger partial charge >= 0.3 is 0 Å². The van der Waals surface area contributed by atoms with Crippen molar-refractivity contribution in [2.75, 3.05) is 5.73 Å². The highest BCUT2D eigenvalue weighted by Gasteiger charge is 1.96. The SMILES string of the molecule is Bc1cc2cnc(N)nn2c1.